The summed E-state index contributed by atoms with van der Waals surface area (Å²) in [4.78, 5) is 28.5. The molecule has 1 saturated heterocycles. The molecule has 1 fully saturated rings. The topological polar surface area (TPSA) is 52.7 Å². The lowest BCUT2D eigenvalue weighted by Gasteiger charge is -2.24. The number of nitrogens with zero attached hydrogens (tertiary/aromatic N) is 2. The number of carbonyl (C=O) groups excluding carboxylic acids is 2. The van der Waals surface area contributed by atoms with Crippen LogP contribution in [0.5, 0.6) is 0 Å². The molecule has 1 aromatic carbocycles. The second-order valence-corrected chi connectivity index (χ2v) is 7.68. The van der Waals surface area contributed by atoms with Gasteiger partial charge in [0.05, 0.1) is 11.8 Å². The van der Waals surface area contributed by atoms with Gasteiger partial charge in [-0.2, -0.15) is 0 Å². The Morgan fingerprint density at radius 2 is 1.92 bits per heavy atom. The van der Waals surface area contributed by atoms with Crippen LogP contribution in [0.1, 0.15) is 25.8 Å². The molecule has 0 saturated carbocycles. The minimum absolute atomic E-state index is 0.0462. The van der Waals surface area contributed by atoms with E-state index in [9.17, 15) is 9.59 Å². The van der Waals surface area contributed by atoms with Crippen molar-refractivity contribution in [3.63, 3.8) is 0 Å². The van der Waals surface area contributed by atoms with Crippen molar-refractivity contribution in [2.45, 2.75) is 31.3 Å². The van der Waals surface area contributed by atoms with Crippen LogP contribution in [0.2, 0.25) is 0 Å². The highest BCUT2D eigenvalue weighted by Crippen LogP contribution is 2.20. The standard InChI is InChI=1S/C19H29N3O2S/c1-3-20-18(23)14-21-10-7-11-22(13-12-21)19(24)16(2)25-15-17-8-5-4-6-9-17/h4-6,8-9,16H,3,7,10-15H2,1-2H3,(H,20,23)/t16-/m1/s1. The lowest BCUT2D eigenvalue weighted by Crippen LogP contribution is -2.41. The van der Waals surface area contributed by atoms with Crippen LogP contribution < -0.4 is 5.32 Å². The number of amides is 2. The maximum absolute atomic E-state index is 12.7. The van der Waals surface area contributed by atoms with Gasteiger partial charge in [0.25, 0.3) is 0 Å². The highest BCUT2D eigenvalue weighted by Gasteiger charge is 2.24. The lowest BCUT2D eigenvalue weighted by molar-refractivity contribution is -0.130. The molecule has 1 N–H and O–H groups in total. The van der Waals surface area contributed by atoms with Crippen LogP contribution in [0.15, 0.2) is 30.3 Å². The minimum atomic E-state index is -0.0462. The number of rotatable bonds is 7. The maximum atomic E-state index is 12.7. The zero-order valence-electron chi connectivity index (χ0n) is 15.2. The summed E-state index contributed by atoms with van der Waals surface area (Å²) in [6, 6.07) is 10.2. The summed E-state index contributed by atoms with van der Waals surface area (Å²) in [5.41, 5.74) is 1.25. The van der Waals surface area contributed by atoms with E-state index in [0.717, 1.165) is 31.8 Å². The molecule has 0 spiro atoms. The summed E-state index contributed by atoms with van der Waals surface area (Å²) < 4.78 is 0. The van der Waals surface area contributed by atoms with Crippen molar-refractivity contribution in [2.75, 3.05) is 39.3 Å². The van der Waals surface area contributed by atoms with Gasteiger partial charge in [0, 0.05) is 38.5 Å². The third-order valence-corrected chi connectivity index (χ3v) is 5.53. The molecule has 0 radical (unpaired) electrons. The van der Waals surface area contributed by atoms with Crippen LogP contribution in [0.25, 0.3) is 0 Å². The fourth-order valence-electron chi connectivity index (χ4n) is 2.93. The summed E-state index contributed by atoms with van der Waals surface area (Å²) in [6.45, 7) is 8.12. The Bertz CT molecular complexity index is 553. The molecule has 138 valence electrons. The number of carbonyl (C=O) groups is 2. The summed E-state index contributed by atoms with van der Waals surface area (Å²) in [7, 11) is 0. The zero-order valence-corrected chi connectivity index (χ0v) is 16.1. The van der Waals surface area contributed by atoms with E-state index in [1.165, 1.54) is 5.56 Å². The van der Waals surface area contributed by atoms with Crippen LogP contribution in [0.4, 0.5) is 0 Å². The summed E-state index contributed by atoms with van der Waals surface area (Å²) in [5, 5.41) is 2.79. The molecule has 1 aromatic rings. The van der Waals surface area contributed by atoms with Gasteiger partial charge in [-0.05, 0) is 25.8 Å². The first kappa shape index (κ1) is 19.8. The predicted octanol–water partition coefficient (Wildman–Crippen LogP) is 1.98. The Morgan fingerprint density at radius 1 is 1.16 bits per heavy atom. The second kappa shape index (κ2) is 10.5. The second-order valence-electron chi connectivity index (χ2n) is 6.35. The molecular formula is C19H29N3O2S. The van der Waals surface area contributed by atoms with Crippen molar-refractivity contribution in [2.24, 2.45) is 0 Å². The molecule has 1 aliphatic heterocycles. The minimum Gasteiger partial charge on any atom is -0.355 e. The predicted molar refractivity (Wildman–Crippen MR) is 104 cm³/mol. The van der Waals surface area contributed by atoms with Crippen molar-refractivity contribution in [1.29, 1.82) is 0 Å². The van der Waals surface area contributed by atoms with E-state index in [2.05, 4.69) is 22.3 Å². The van der Waals surface area contributed by atoms with Crippen LogP contribution >= 0.6 is 11.8 Å². The SMILES string of the molecule is CCNC(=O)CN1CCCN(C(=O)[C@@H](C)SCc2ccccc2)CC1. The largest absolute Gasteiger partial charge is 0.355 e. The molecule has 0 aromatic heterocycles. The van der Waals surface area contributed by atoms with Gasteiger partial charge in [-0.25, -0.2) is 0 Å². The third kappa shape index (κ3) is 6.71. The van der Waals surface area contributed by atoms with Gasteiger partial charge >= 0.3 is 0 Å². The fraction of sp³-hybridized carbons (Fsp3) is 0.579. The Kier molecular flexibility index (Phi) is 8.28. The van der Waals surface area contributed by atoms with E-state index < -0.39 is 0 Å². The quantitative estimate of drug-likeness (QED) is 0.805. The number of likely N-dealkylation sites (N-methyl/N-ethyl adjacent to an activating group) is 1. The van der Waals surface area contributed by atoms with E-state index in [0.29, 0.717) is 19.6 Å². The fourth-order valence-corrected chi connectivity index (χ4v) is 3.86. The monoisotopic (exact) mass is 363 g/mol. The Balaban J connectivity index is 1.78. The van der Waals surface area contributed by atoms with Crippen LogP contribution in [0, 0.1) is 0 Å². The molecule has 2 rings (SSSR count). The van der Waals surface area contributed by atoms with Crippen molar-refractivity contribution in [1.82, 2.24) is 15.1 Å². The molecule has 0 aliphatic carbocycles. The molecule has 1 heterocycles. The van der Waals surface area contributed by atoms with Gasteiger partial charge in [0.15, 0.2) is 0 Å². The van der Waals surface area contributed by atoms with Gasteiger partial charge in [-0.1, -0.05) is 30.3 Å². The molecule has 1 atom stereocenters. The molecule has 0 unspecified atom stereocenters. The third-order valence-electron chi connectivity index (χ3n) is 4.33. The molecule has 2 amide bonds. The molecule has 6 heteroatoms. The first-order chi connectivity index (χ1) is 12.1. The molecular weight excluding hydrogens is 334 g/mol. The summed E-state index contributed by atoms with van der Waals surface area (Å²) in [6.07, 6.45) is 0.918. The smallest absolute Gasteiger partial charge is 0.235 e. The number of hydrogen-bond acceptors (Lipinski definition) is 4. The van der Waals surface area contributed by atoms with Crippen LogP contribution in [0.3, 0.4) is 0 Å². The normalized spacial score (nSPS) is 17.0. The highest BCUT2D eigenvalue weighted by molar-refractivity contribution is 7.99. The van der Waals surface area contributed by atoms with Gasteiger partial charge in [0.1, 0.15) is 0 Å². The highest BCUT2D eigenvalue weighted by atomic mass is 32.2. The van der Waals surface area contributed by atoms with Crippen molar-refractivity contribution < 1.29 is 9.59 Å². The summed E-state index contributed by atoms with van der Waals surface area (Å²) >= 11 is 1.69. The van der Waals surface area contributed by atoms with E-state index in [1.54, 1.807) is 11.8 Å². The number of nitrogens with one attached hydrogen (secondary N) is 1. The first-order valence-electron chi connectivity index (χ1n) is 9.03. The Hall–Kier alpha value is -1.53. The Labute approximate surface area is 155 Å². The van der Waals surface area contributed by atoms with E-state index in [1.807, 2.05) is 36.9 Å². The van der Waals surface area contributed by atoms with Crippen molar-refractivity contribution in [3.05, 3.63) is 35.9 Å². The van der Waals surface area contributed by atoms with E-state index in [4.69, 9.17) is 0 Å². The number of hydrogen-bond donors (Lipinski definition) is 1. The number of benzene rings is 1. The van der Waals surface area contributed by atoms with Gasteiger partial charge in [-0.15, -0.1) is 11.8 Å². The number of thioether (sulfide) groups is 1. The molecule has 25 heavy (non-hydrogen) atoms. The van der Waals surface area contributed by atoms with Gasteiger partial charge in [0.2, 0.25) is 11.8 Å². The lowest BCUT2D eigenvalue weighted by atomic mass is 10.2. The molecule has 0 bridgehead atoms. The van der Waals surface area contributed by atoms with Gasteiger partial charge in [-0.3, -0.25) is 14.5 Å². The zero-order chi connectivity index (χ0) is 18.1. The van der Waals surface area contributed by atoms with Gasteiger partial charge < -0.3 is 10.2 Å². The summed E-state index contributed by atoms with van der Waals surface area (Å²) in [5.74, 6) is 1.13. The molecule has 1 aliphatic rings. The van der Waals surface area contributed by atoms with Crippen molar-refractivity contribution in [3.8, 4) is 0 Å². The van der Waals surface area contributed by atoms with E-state index in [-0.39, 0.29) is 17.1 Å². The van der Waals surface area contributed by atoms with Crippen molar-refractivity contribution >= 4 is 23.6 Å². The average molecular weight is 364 g/mol. The Morgan fingerprint density at radius 3 is 2.64 bits per heavy atom. The average Bonchev–Trinajstić information content (AvgIpc) is 2.85. The first-order valence-corrected chi connectivity index (χ1v) is 10.1. The van der Waals surface area contributed by atoms with Crippen LogP contribution in [-0.2, 0) is 15.3 Å². The maximum Gasteiger partial charge on any atom is 0.235 e. The molecule has 5 nitrogen and oxygen atoms in total. The van der Waals surface area contributed by atoms with Crippen LogP contribution in [-0.4, -0.2) is 66.1 Å². The van der Waals surface area contributed by atoms with E-state index >= 15 is 0 Å².